The molecule has 0 N–H and O–H groups in total. The van der Waals surface area contributed by atoms with Crippen LogP contribution in [-0.4, -0.2) is 37.0 Å². The minimum absolute atomic E-state index is 1.30. The molecular formula is C28H58Br2P2. The zero-order valence-corrected chi connectivity index (χ0v) is 27.6. The van der Waals surface area contributed by atoms with Crippen molar-refractivity contribution < 1.29 is 0 Å². The normalized spacial score (nSPS) is 15.8. The second-order valence-electron chi connectivity index (χ2n) is 10.5. The molecule has 0 bridgehead atoms. The molecule has 0 rings (SSSR count). The fourth-order valence-electron chi connectivity index (χ4n) is 4.84. The number of halogens is 2. The molecule has 0 atom stereocenters. The molecule has 194 valence electrons. The van der Waals surface area contributed by atoms with Gasteiger partial charge in [0.15, 0.2) is 0 Å². The second kappa shape index (κ2) is 16.9. The molecule has 32 heavy (non-hydrogen) atoms. The molecule has 0 aliphatic heterocycles. The van der Waals surface area contributed by atoms with Crippen LogP contribution in [0.4, 0.5) is 0 Å². The molecule has 0 nitrogen and oxygen atoms in total. The van der Waals surface area contributed by atoms with E-state index in [2.05, 4.69) is 96.3 Å². The number of hydrogen-bond donors (Lipinski definition) is 0. The molecule has 0 saturated carbocycles. The third-order valence-corrected chi connectivity index (χ3v) is 25.2. The van der Waals surface area contributed by atoms with Crippen LogP contribution in [-0.2, 0) is 0 Å². The molecule has 0 aliphatic rings. The number of rotatable bonds is 21. The van der Waals surface area contributed by atoms with Crippen molar-refractivity contribution in [2.45, 2.75) is 119 Å². The molecule has 0 radical (unpaired) electrons. The van der Waals surface area contributed by atoms with Gasteiger partial charge in [-0.1, -0.05) is 0 Å². The molecule has 0 unspecified atom stereocenters. The van der Waals surface area contributed by atoms with Gasteiger partial charge in [0.2, 0.25) is 0 Å². The first-order chi connectivity index (χ1) is 15.2. The molecule has 0 heterocycles. The van der Waals surface area contributed by atoms with Crippen LogP contribution in [0.1, 0.15) is 119 Å². The standard InChI is InChI=1S/C28H58Br2P2/c1-7-13-21-31(29,22-14-8-2,23-15-9-3)27-19-20-28-32(30,24-16-10-4,25-17-11-5)26-18-12-6/h19-20,27-28H,7-18,21-26H2,1-6H3. The summed E-state index contributed by atoms with van der Waals surface area (Å²) in [6.45, 7) is 14.1. The van der Waals surface area contributed by atoms with Crippen molar-refractivity contribution in [2.75, 3.05) is 37.0 Å². The maximum atomic E-state index is 4.52. The Morgan fingerprint density at radius 1 is 0.406 bits per heavy atom. The Morgan fingerprint density at radius 3 is 0.750 bits per heavy atom. The first-order valence-electron chi connectivity index (χ1n) is 14.0. The van der Waals surface area contributed by atoms with Crippen LogP contribution < -0.4 is 0 Å². The van der Waals surface area contributed by atoms with Crippen LogP contribution in [0.5, 0.6) is 0 Å². The van der Waals surface area contributed by atoms with Crippen molar-refractivity contribution in [1.29, 1.82) is 0 Å². The van der Waals surface area contributed by atoms with Gasteiger partial charge in [0, 0.05) is 0 Å². The molecular weight excluding hydrogens is 558 g/mol. The SMILES string of the molecule is CCCCP(Br)(C=CC=CP(Br)(CCCC)(CCCC)CCCC)(CCCC)CCCC. The van der Waals surface area contributed by atoms with E-state index in [-0.39, 0.29) is 0 Å². The van der Waals surface area contributed by atoms with Crippen molar-refractivity contribution in [1.82, 2.24) is 0 Å². The summed E-state index contributed by atoms with van der Waals surface area (Å²) in [6, 6.07) is 0. The fourth-order valence-corrected chi connectivity index (χ4v) is 19.9. The number of unbranched alkanes of at least 4 members (excludes halogenated alkanes) is 6. The average molecular weight is 617 g/mol. The van der Waals surface area contributed by atoms with Gasteiger partial charge >= 0.3 is 221 Å². The van der Waals surface area contributed by atoms with Crippen molar-refractivity contribution in [3.05, 3.63) is 23.8 Å². The van der Waals surface area contributed by atoms with Gasteiger partial charge in [-0.25, -0.2) is 0 Å². The van der Waals surface area contributed by atoms with Crippen LogP contribution >= 0.6 is 41.6 Å². The van der Waals surface area contributed by atoms with Gasteiger partial charge < -0.3 is 0 Å². The minimum atomic E-state index is -1.97. The molecule has 0 aliphatic carbocycles. The summed E-state index contributed by atoms with van der Waals surface area (Å²) < 4.78 is 0. The van der Waals surface area contributed by atoms with Gasteiger partial charge in [0.05, 0.1) is 0 Å². The first kappa shape index (κ1) is 33.3. The van der Waals surface area contributed by atoms with E-state index in [9.17, 15) is 0 Å². The van der Waals surface area contributed by atoms with E-state index in [0.29, 0.717) is 0 Å². The fraction of sp³-hybridized carbons (Fsp3) is 0.857. The van der Waals surface area contributed by atoms with E-state index < -0.39 is 10.6 Å². The molecule has 0 amide bonds. The van der Waals surface area contributed by atoms with Crippen molar-refractivity contribution in [3.63, 3.8) is 0 Å². The van der Waals surface area contributed by atoms with Crippen LogP contribution in [0.2, 0.25) is 0 Å². The van der Waals surface area contributed by atoms with Gasteiger partial charge in [0.25, 0.3) is 0 Å². The molecule has 0 spiro atoms. The summed E-state index contributed by atoms with van der Waals surface area (Å²) in [5.74, 6) is 5.41. The average Bonchev–Trinajstić information content (AvgIpc) is 2.80. The van der Waals surface area contributed by atoms with Gasteiger partial charge in [-0.2, -0.15) is 0 Å². The van der Waals surface area contributed by atoms with Crippen LogP contribution in [0.25, 0.3) is 0 Å². The van der Waals surface area contributed by atoms with E-state index >= 15 is 0 Å². The number of hydrogen-bond acceptors (Lipinski definition) is 0. The topological polar surface area (TPSA) is 0 Å². The predicted molar refractivity (Wildman–Crippen MR) is 169 cm³/mol. The van der Waals surface area contributed by atoms with E-state index in [0.717, 1.165) is 0 Å². The van der Waals surface area contributed by atoms with Crippen molar-refractivity contribution in [3.8, 4) is 0 Å². The van der Waals surface area contributed by atoms with E-state index in [4.69, 9.17) is 0 Å². The Labute approximate surface area is 220 Å². The summed E-state index contributed by atoms with van der Waals surface area (Å²) in [7, 11) is 0. The Bertz CT molecular complexity index is 444. The van der Waals surface area contributed by atoms with Crippen LogP contribution in [0, 0.1) is 0 Å². The van der Waals surface area contributed by atoms with Gasteiger partial charge in [0.1, 0.15) is 0 Å². The first-order valence-corrected chi connectivity index (χ1v) is 23.8. The van der Waals surface area contributed by atoms with Gasteiger partial charge in [-0.15, -0.1) is 0 Å². The van der Waals surface area contributed by atoms with Crippen LogP contribution in [0.3, 0.4) is 0 Å². The zero-order valence-electron chi connectivity index (χ0n) is 22.7. The molecule has 0 saturated heterocycles. The third-order valence-electron chi connectivity index (χ3n) is 7.28. The van der Waals surface area contributed by atoms with Gasteiger partial charge in [-0.05, 0) is 0 Å². The summed E-state index contributed by atoms with van der Waals surface area (Å²) in [6.07, 6.45) is 29.2. The molecule has 4 heteroatoms. The molecule has 0 aromatic carbocycles. The quantitative estimate of drug-likeness (QED) is 0.0889. The number of allylic oxidation sites excluding steroid dienone is 2. The monoisotopic (exact) mass is 614 g/mol. The Morgan fingerprint density at radius 2 is 0.594 bits per heavy atom. The summed E-state index contributed by atoms with van der Waals surface area (Å²) >= 11 is 9.05. The molecule has 0 aromatic rings. The summed E-state index contributed by atoms with van der Waals surface area (Å²) in [5.41, 5.74) is 0. The molecule has 0 fully saturated rings. The van der Waals surface area contributed by atoms with Crippen molar-refractivity contribution in [2.24, 2.45) is 0 Å². The summed E-state index contributed by atoms with van der Waals surface area (Å²) in [5, 5.41) is -3.94. The predicted octanol–water partition coefficient (Wildman–Crippen LogP) is 12.5. The van der Waals surface area contributed by atoms with E-state index in [1.54, 1.807) is 0 Å². The Hall–Kier alpha value is 1.30. The van der Waals surface area contributed by atoms with Crippen molar-refractivity contribution >= 4 is 41.6 Å². The van der Waals surface area contributed by atoms with E-state index in [1.165, 1.54) is 114 Å². The maximum absolute atomic E-state index is 4.52. The van der Waals surface area contributed by atoms with Gasteiger partial charge in [-0.3, -0.25) is 0 Å². The Balaban J connectivity index is 6.04. The van der Waals surface area contributed by atoms with E-state index in [1.807, 2.05) is 0 Å². The zero-order chi connectivity index (χ0) is 24.5. The van der Waals surface area contributed by atoms with Crippen LogP contribution in [0.15, 0.2) is 23.8 Å². The summed E-state index contributed by atoms with van der Waals surface area (Å²) in [4.78, 5) is 0. The third kappa shape index (κ3) is 12.3. The molecule has 0 aromatic heterocycles. The second-order valence-corrected chi connectivity index (χ2v) is 32.0. The Kier molecular flexibility index (Phi) is 17.6.